The van der Waals surface area contributed by atoms with Crippen LogP contribution in [0.2, 0.25) is 0 Å². The van der Waals surface area contributed by atoms with Crippen LogP contribution in [0.15, 0.2) is 48.5 Å². The lowest BCUT2D eigenvalue weighted by Gasteiger charge is -2.26. The largest absolute Gasteiger partial charge is 0.399 e. The number of hydrogen-bond donors (Lipinski definition) is 2. The third-order valence-electron chi connectivity index (χ3n) is 4.39. The van der Waals surface area contributed by atoms with Gasteiger partial charge < -0.3 is 21.3 Å². The van der Waals surface area contributed by atoms with Gasteiger partial charge in [0.2, 0.25) is 0 Å². The average molecular weight is 326 g/mol. The molecule has 0 aliphatic heterocycles. The number of hydrogen-bond acceptors (Lipinski definition) is 4. The van der Waals surface area contributed by atoms with E-state index in [1.165, 1.54) is 24.2 Å². The van der Waals surface area contributed by atoms with Crippen LogP contribution in [-0.2, 0) is 0 Å². The summed E-state index contributed by atoms with van der Waals surface area (Å²) in [6.45, 7) is 8.56. The fraction of sp³-hybridized carbons (Fsp3) is 0.400. The Balaban J connectivity index is 1.81. The number of nitrogens with two attached hydrogens (primary N) is 2. The quantitative estimate of drug-likeness (QED) is 0.540. The van der Waals surface area contributed by atoms with Crippen molar-refractivity contribution in [1.29, 1.82) is 0 Å². The molecule has 130 valence electrons. The second-order valence-electron chi connectivity index (χ2n) is 6.05. The van der Waals surface area contributed by atoms with Gasteiger partial charge in [-0.25, -0.2) is 0 Å². The van der Waals surface area contributed by atoms with Gasteiger partial charge in [0.25, 0.3) is 0 Å². The van der Waals surface area contributed by atoms with E-state index in [1.807, 2.05) is 24.3 Å². The van der Waals surface area contributed by atoms with E-state index < -0.39 is 0 Å². The summed E-state index contributed by atoms with van der Waals surface area (Å²) in [6.07, 6.45) is 2.34. The molecule has 2 rings (SSSR count). The van der Waals surface area contributed by atoms with Crippen molar-refractivity contribution in [2.24, 2.45) is 0 Å². The van der Waals surface area contributed by atoms with Crippen molar-refractivity contribution in [3.8, 4) is 0 Å². The Morgan fingerprint density at radius 3 is 1.25 bits per heavy atom. The molecule has 4 N–H and O–H groups in total. The van der Waals surface area contributed by atoms with Crippen LogP contribution in [-0.4, -0.2) is 26.2 Å². The zero-order valence-corrected chi connectivity index (χ0v) is 14.9. The molecule has 0 aromatic heterocycles. The molecule has 0 bridgehead atoms. The highest BCUT2D eigenvalue weighted by molar-refractivity contribution is 5.54. The predicted molar refractivity (Wildman–Crippen MR) is 107 cm³/mol. The molecule has 0 heterocycles. The minimum Gasteiger partial charge on any atom is -0.399 e. The first-order chi connectivity index (χ1) is 11.6. The van der Waals surface area contributed by atoms with E-state index in [2.05, 4.69) is 47.9 Å². The van der Waals surface area contributed by atoms with Crippen molar-refractivity contribution in [3.63, 3.8) is 0 Å². The second-order valence-corrected chi connectivity index (χ2v) is 6.05. The van der Waals surface area contributed by atoms with Crippen molar-refractivity contribution in [2.45, 2.75) is 26.7 Å². The van der Waals surface area contributed by atoms with Gasteiger partial charge in [0, 0.05) is 48.9 Å². The van der Waals surface area contributed by atoms with Crippen LogP contribution < -0.4 is 21.3 Å². The Bertz CT molecular complexity index is 537. The monoisotopic (exact) mass is 326 g/mol. The highest BCUT2D eigenvalue weighted by Crippen LogP contribution is 2.18. The lowest BCUT2D eigenvalue weighted by atomic mass is 10.2. The van der Waals surface area contributed by atoms with E-state index >= 15 is 0 Å². The molecule has 0 spiro atoms. The summed E-state index contributed by atoms with van der Waals surface area (Å²) >= 11 is 0. The molecular formula is C20H30N4. The number of rotatable bonds is 9. The zero-order valence-electron chi connectivity index (χ0n) is 14.9. The predicted octanol–water partition coefficient (Wildman–Crippen LogP) is 3.98. The van der Waals surface area contributed by atoms with E-state index in [1.54, 1.807) is 0 Å². The minimum atomic E-state index is 0.817. The van der Waals surface area contributed by atoms with Crippen LogP contribution in [0.4, 0.5) is 22.7 Å². The van der Waals surface area contributed by atoms with Crippen LogP contribution in [0, 0.1) is 0 Å². The smallest absolute Gasteiger partial charge is 0.0367 e. The number of nitrogens with zero attached hydrogens (tertiary/aromatic N) is 2. The maximum atomic E-state index is 5.77. The highest BCUT2D eigenvalue weighted by atomic mass is 15.1. The Hall–Kier alpha value is -2.36. The number of benzene rings is 2. The number of nitrogen functional groups attached to an aromatic ring is 2. The van der Waals surface area contributed by atoms with E-state index in [0.717, 1.165) is 37.6 Å². The second kappa shape index (κ2) is 9.06. The first-order valence-corrected chi connectivity index (χ1v) is 8.85. The fourth-order valence-electron chi connectivity index (χ4n) is 2.92. The molecule has 2 aromatic carbocycles. The van der Waals surface area contributed by atoms with Crippen molar-refractivity contribution < 1.29 is 0 Å². The molecule has 0 aliphatic rings. The van der Waals surface area contributed by atoms with Gasteiger partial charge in [0.1, 0.15) is 0 Å². The van der Waals surface area contributed by atoms with Crippen molar-refractivity contribution in [2.75, 3.05) is 47.4 Å². The molecule has 0 atom stereocenters. The average Bonchev–Trinajstić information content (AvgIpc) is 2.60. The van der Waals surface area contributed by atoms with Crippen LogP contribution in [0.3, 0.4) is 0 Å². The topological polar surface area (TPSA) is 58.5 Å². The summed E-state index contributed by atoms with van der Waals surface area (Å²) in [5.74, 6) is 0. The van der Waals surface area contributed by atoms with Crippen LogP contribution in [0.1, 0.15) is 26.7 Å². The van der Waals surface area contributed by atoms with Gasteiger partial charge in [-0.05, 0) is 75.2 Å². The lowest BCUT2D eigenvalue weighted by molar-refractivity contribution is 0.674. The molecule has 24 heavy (non-hydrogen) atoms. The van der Waals surface area contributed by atoms with E-state index in [9.17, 15) is 0 Å². The molecule has 2 aromatic rings. The summed E-state index contributed by atoms with van der Waals surface area (Å²) in [5, 5.41) is 0. The molecule has 0 radical (unpaired) electrons. The summed E-state index contributed by atoms with van der Waals surface area (Å²) in [4.78, 5) is 4.80. The maximum Gasteiger partial charge on any atom is 0.0367 e. The lowest BCUT2D eigenvalue weighted by Crippen LogP contribution is -2.27. The van der Waals surface area contributed by atoms with Crippen LogP contribution >= 0.6 is 0 Å². The molecular weight excluding hydrogens is 296 g/mol. The SMILES string of the molecule is CCN(CCCCN(CC)c1ccc(N)cc1)c1ccc(N)cc1. The number of anilines is 4. The highest BCUT2D eigenvalue weighted by Gasteiger charge is 2.06. The standard InChI is InChI=1S/C20H30N4/c1-3-23(19-11-7-17(21)8-12-19)15-5-6-16-24(4-2)20-13-9-18(22)10-14-20/h7-14H,3-6,15-16,21-22H2,1-2H3. The Kier molecular flexibility index (Phi) is 6.79. The van der Waals surface area contributed by atoms with Gasteiger partial charge in [-0.1, -0.05) is 0 Å². The van der Waals surface area contributed by atoms with Gasteiger partial charge in [-0.15, -0.1) is 0 Å². The maximum absolute atomic E-state index is 5.77. The van der Waals surface area contributed by atoms with Crippen molar-refractivity contribution in [3.05, 3.63) is 48.5 Å². The van der Waals surface area contributed by atoms with E-state index in [-0.39, 0.29) is 0 Å². The fourth-order valence-corrected chi connectivity index (χ4v) is 2.92. The first-order valence-electron chi connectivity index (χ1n) is 8.85. The molecule has 0 saturated heterocycles. The summed E-state index contributed by atoms with van der Waals surface area (Å²) < 4.78 is 0. The molecule has 0 amide bonds. The molecule has 4 heteroatoms. The van der Waals surface area contributed by atoms with Crippen LogP contribution in [0.25, 0.3) is 0 Å². The Morgan fingerprint density at radius 2 is 0.958 bits per heavy atom. The first kappa shape index (κ1) is 18.0. The number of unbranched alkanes of at least 4 members (excludes halogenated alkanes) is 1. The molecule has 0 unspecified atom stereocenters. The molecule has 0 aliphatic carbocycles. The third-order valence-corrected chi connectivity index (χ3v) is 4.39. The van der Waals surface area contributed by atoms with Gasteiger partial charge >= 0.3 is 0 Å². The van der Waals surface area contributed by atoms with Gasteiger partial charge in [-0.2, -0.15) is 0 Å². The third kappa shape index (κ3) is 5.08. The Labute approximate surface area is 146 Å². The van der Waals surface area contributed by atoms with Crippen LogP contribution in [0.5, 0.6) is 0 Å². The minimum absolute atomic E-state index is 0.817. The van der Waals surface area contributed by atoms with Gasteiger partial charge in [-0.3, -0.25) is 0 Å². The molecule has 4 nitrogen and oxygen atoms in total. The van der Waals surface area contributed by atoms with Crippen molar-refractivity contribution in [1.82, 2.24) is 0 Å². The van der Waals surface area contributed by atoms with Gasteiger partial charge in [0.05, 0.1) is 0 Å². The van der Waals surface area contributed by atoms with Gasteiger partial charge in [0.15, 0.2) is 0 Å². The zero-order chi connectivity index (χ0) is 17.4. The van der Waals surface area contributed by atoms with Crippen molar-refractivity contribution >= 4 is 22.7 Å². The van der Waals surface area contributed by atoms with E-state index in [0.29, 0.717) is 0 Å². The Morgan fingerprint density at radius 1 is 0.625 bits per heavy atom. The normalized spacial score (nSPS) is 10.6. The summed E-state index contributed by atoms with van der Waals surface area (Å²) in [5.41, 5.74) is 15.7. The molecule has 0 fully saturated rings. The van der Waals surface area contributed by atoms with E-state index in [4.69, 9.17) is 11.5 Å². The summed E-state index contributed by atoms with van der Waals surface area (Å²) in [6, 6.07) is 16.3. The summed E-state index contributed by atoms with van der Waals surface area (Å²) in [7, 11) is 0. The molecule has 0 saturated carbocycles.